The highest BCUT2D eigenvalue weighted by molar-refractivity contribution is 5.13. The second kappa shape index (κ2) is 15.3. The number of aliphatic hydroxyl groups is 1. The van der Waals surface area contributed by atoms with Crippen LogP contribution in [0, 0.1) is 5.92 Å². The summed E-state index contributed by atoms with van der Waals surface area (Å²) in [6, 6.07) is 0. The first-order valence-corrected chi connectivity index (χ1v) is 8.96. The summed E-state index contributed by atoms with van der Waals surface area (Å²) >= 11 is 0. The summed E-state index contributed by atoms with van der Waals surface area (Å²) in [6.45, 7) is 14.8. The molecule has 0 aliphatic rings. The van der Waals surface area contributed by atoms with Gasteiger partial charge in [0.2, 0.25) is 0 Å². The van der Waals surface area contributed by atoms with Crippen molar-refractivity contribution in [2.45, 2.75) is 59.3 Å². The van der Waals surface area contributed by atoms with Crippen LogP contribution in [-0.2, 0) is 0 Å². The van der Waals surface area contributed by atoms with Crippen molar-refractivity contribution >= 4 is 0 Å². The Hall–Kier alpha value is -0.640. The second-order valence-electron chi connectivity index (χ2n) is 6.31. The van der Waals surface area contributed by atoms with Crippen LogP contribution in [-0.4, -0.2) is 37.9 Å². The molecule has 0 aromatic rings. The number of allylic oxidation sites excluding steroid dienone is 2. The second-order valence-corrected chi connectivity index (χ2v) is 6.31. The molecule has 1 unspecified atom stereocenters. The highest BCUT2D eigenvalue weighted by Crippen LogP contribution is 2.21. The van der Waals surface area contributed by atoms with Crippen molar-refractivity contribution in [3.63, 3.8) is 0 Å². The molecule has 3 heteroatoms. The van der Waals surface area contributed by atoms with Crippen molar-refractivity contribution < 1.29 is 5.11 Å². The minimum atomic E-state index is 0.283. The van der Waals surface area contributed by atoms with E-state index in [1.54, 1.807) is 0 Å². The molecular formula is C19H38N2O. The smallest absolute Gasteiger partial charge is 0.0459 e. The van der Waals surface area contributed by atoms with Crippen LogP contribution in [0.3, 0.4) is 0 Å². The lowest BCUT2D eigenvalue weighted by Crippen LogP contribution is -2.28. The molecule has 0 heterocycles. The van der Waals surface area contributed by atoms with E-state index in [9.17, 15) is 5.11 Å². The lowest BCUT2D eigenvalue weighted by molar-refractivity contribution is 0.236. The molecule has 0 radical (unpaired) electrons. The predicted octanol–water partition coefficient (Wildman–Crippen LogP) is 3.66. The van der Waals surface area contributed by atoms with Crippen LogP contribution in [0.4, 0.5) is 0 Å². The van der Waals surface area contributed by atoms with Gasteiger partial charge in [-0.25, -0.2) is 0 Å². The third kappa shape index (κ3) is 12.0. The molecule has 0 rings (SSSR count). The Bertz CT molecular complexity index is 300. The zero-order valence-electron chi connectivity index (χ0n) is 15.1. The first-order chi connectivity index (χ1) is 10.7. The van der Waals surface area contributed by atoms with Gasteiger partial charge in [0.15, 0.2) is 0 Å². The SMILES string of the molecule is C=CCCCNCCNCC/C(CC(C)CO)=C(/C)CCC. The Labute approximate surface area is 138 Å². The molecule has 0 aliphatic heterocycles. The first-order valence-electron chi connectivity index (χ1n) is 8.96. The number of rotatable bonds is 15. The summed E-state index contributed by atoms with van der Waals surface area (Å²) in [5.41, 5.74) is 3.06. The summed E-state index contributed by atoms with van der Waals surface area (Å²) in [6.07, 6.45) is 8.75. The maximum atomic E-state index is 9.27. The van der Waals surface area contributed by atoms with Crippen LogP contribution in [0.15, 0.2) is 23.8 Å². The summed E-state index contributed by atoms with van der Waals surface area (Å²) in [5.74, 6) is 0.369. The van der Waals surface area contributed by atoms with Gasteiger partial charge in [-0.2, -0.15) is 0 Å². The van der Waals surface area contributed by atoms with Gasteiger partial charge < -0.3 is 15.7 Å². The van der Waals surface area contributed by atoms with Gasteiger partial charge >= 0.3 is 0 Å². The van der Waals surface area contributed by atoms with E-state index in [4.69, 9.17) is 0 Å². The van der Waals surface area contributed by atoms with Crippen LogP contribution in [0.1, 0.15) is 59.3 Å². The molecule has 0 saturated carbocycles. The van der Waals surface area contributed by atoms with Crippen molar-refractivity contribution in [3.8, 4) is 0 Å². The van der Waals surface area contributed by atoms with Crippen molar-refractivity contribution in [3.05, 3.63) is 23.8 Å². The zero-order valence-corrected chi connectivity index (χ0v) is 15.1. The van der Waals surface area contributed by atoms with Crippen LogP contribution in [0.2, 0.25) is 0 Å². The van der Waals surface area contributed by atoms with Gasteiger partial charge in [-0.1, -0.05) is 37.5 Å². The average Bonchev–Trinajstić information content (AvgIpc) is 2.52. The van der Waals surface area contributed by atoms with Crippen molar-refractivity contribution in [1.82, 2.24) is 10.6 Å². The molecule has 22 heavy (non-hydrogen) atoms. The van der Waals surface area contributed by atoms with Gasteiger partial charge in [0.1, 0.15) is 0 Å². The van der Waals surface area contributed by atoms with E-state index in [2.05, 4.69) is 38.0 Å². The van der Waals surface area contributed by atoms with Gasteiger partial charge in [0, 0.05) is 19.7 Å². The zero-order chi connectivity index (χ0) is 16.6. The molecule has 0 fully saturated rings. The molecule has 0 aliphatic carbocycles. The summed E-state index contributed by atoms with van der Waals surface area (Å²) < 4.78 is 0. The van der Waals surface area contributed by atoms with Gasteiger partial charge in [-0.05, 0) is 58.0 Å². The fraction of sp³-hybridized carbons (Fsp3) is 0.789. The highest BCUT2D eigenvalue weighted by atomic mass is 16.3. The Morgan fingerprint density at radius 2 is 1.82 bits per heavy atom. The topological polar surface area (TPSA) is 44.3 Å². The molecule has 0 bridgehead atoms. The number of aliphatic hydroxyl groups excluding tert-OH is 1. The largest absolute Gasteiger partial charge is 0.396 e. The summed E-state index contributed by atoms with van der Waals surface area (Å²) in [7, 11) is 0. The molecule has 0 spiro atoms. The lowest BCUT2D eigenvalue weighted by atomic mass is 9.93. The number of hydrogen-bond donors (Lipinski definition) is 3. The number of nitrogens with one attached hydrogen (secondary N) is 2. The lowest BCUT2D eigenvalue weighted by Gasteiger charge is -2.16. The van der Waals surface area contributed by atoms with E-state index in [0.29, 0.717) is 5.92 Å². The third-order valence-corrected chi connectivity index (χ3v) is 3.98. The van der Waals surface area contributed by atoms with Gasteiger partial charge in [-0.3, -0.25) is 0 Å². The molecule has 130 valence electrons. The van der Waals surface area contributed by atoms with Gasteiger partial charge in [0.25, 0.3) is 0 Å². The van der Waals surface area contributed by atoms with E-state index in [1.165, 1.54) is 30.4 Å². The van der Waals surface area contributed by atoms with E-state index in [-0.39, 0.29) is 6.61 Å². The van der Waals surface area contributed by atoms with E-state index in [0.717, 1.165) is 45.4 Å². The summed E-state index contributed by atoms with van der Waals surface area (Å²) in [4.78, 5) is 0. The minimum absolute atomic E-state index is 0.283. The van der Waals surface area contributed by atoms with Crippen LogP contribution in [0.5, 0.6) is 0 Å². The Balaban J connectivity index is 3.89. The predicted molar refractivity (Wildman–Crippen MR) is 98.3 cm³/mol. The van der Waals surface area contributed by atoms with Crippen LogP contribution >= 0.6 is 0 Å². The van der Waals surface area contributed by atoms with Crippen LogP contribution < -0.4 is 10.6 Å². The van der Waals surface area contributed by atoms with Crippen molar-refractivity contribution in [1.29, 1.82) is 0 Å². The molecule has 3 nitrogen and oxygen atoms in total. The Morgan fingerprint density at radius 1 is 1.14 bits per heavy atom. The van der Waals surface area contributed by atoms with Crippen molar-refractivity contribution in [2.24, 2.45) is 5.92 Å². The highest BCUT2D eigenvalue weighted by Gasteiger charge is 2.08. The fourth-order valence-electron chi connectivity index (χ4n) is 2.56. The monoisotopic (exact) mass is 310 g/mol. The van der Waals surface area contributed by atoms with Crippen LogP contribution in [0.25, 0.3) is 0 Å². The van der Waals surface area contributed by atoms with Gasteiger partial charge in [-0.15, -0.1) is 6.58 Å². The van der Waals surface area contributed by atoms with E-state index < -0.39 is 0 Å². The quantitative estimate of drug-likeness (QED) is 0.319. The molecule has 0 amide bonds. The number of hydrogen-bond acceptors (Lipinski definition) is 3. The molecule has 0 saturated heterocycles. The fourth-order valence-corrected chi connectivity index (χ4v) is 2.56. The van der Waals surface area contributed by atoms with E-state index in [1.807, 2.05) is 6.08 Å². The third-order valence-electron chi connectivity index (χ3n) is 3.98. The molecule has 0 aromatic heterocycles. The Morgan fingerprint density at radius 3 is 2.41 bits per heavy atom. The van der Waals surface area contributed by atoms with Gasteiger partial charge in [0.05, 0.1) is 0 Å². The Kier molecular flexibility index (Phi) is 14.8. The summed E-state index contributed by atoms with van der Waals surface area (Å²) in [5, 5.41) is 16.2. The molecule has 1 atom stereocenters. The van der Waals surface area contributed by atoms with E-state index >= 15 is 0 Å². The average molecular weight is 311 g/mol. The normalized spacial score (nSPS) is 13.8. The number of unbranched alkanes of at least 4 members (excludes halogenated alkanes) is 1. The molecule has 3 N–H and O–H groups in total. The maximum Gasteiger partial charge on any atom is 0.0459 e. The molecule has 0 aromatic carbocycles. The molecular weight excluding hydrogens is 272 g/mol. The maximum absolute atomic E-state index is 9.27. The van der Waals surface area contributed by atoms with Crippen molar-refractivity contribution in [2.75, 3.05) is 32.8 Å². The first kappa shape index (κ1) is 21.4. The minimum Gasteiger partial charge on any atom is -0.396 e. The standard InChI is InChI=1S/C19H38N2O/c1-5-7-8-11-20-13-14-21-12-10-19(15-17(3)16-22)18(4)9-6-2/h5,17,20-22H,1,6-16H2,2-4H3/b19-18+.